The van der Waals surface area contributed by atoms with Gasteiger partial charge in [-0.3, -0.25) is 0 Å². The van der Waals surface area contributed by atoms with Gasteiger partial charge in [-0.2, -0.15) is 0 Å². The highest BCUT2D eigenvalue weighted by atomic mass is 15.4. The molecule has 2 aromatic rings. The predicted molar refractivity (Wildman–Crippen MR) is 55.2 cm³/mol. The van der Waals surface area contributed by atoms with E-state index in [0.717, 1.165) is 22.5 Å². The third-order valence-corrected chi connectivity index (χ3v) is 2.37. The Labute approximate surface area is 82.4 Å². The molecule has 0 unspecified atom stereocenters. The molecule has 0 aliphatic carbocycles. The Morgan fingerprint density at radius 2 is 2.07 bits per heavy atom. The summed E-state index contributed by atoms with van der Waals surface area (Å²) in [5, 5.41) is 7.69. The summed E-state index contributed by atoms with van der Waals surface area (Å²) in [6.45, 7) is 3.98. The zero-order valence-electron chi connectivity index (χ0n) is 8.23. The van der Waals surface area contributed by atoms with Gasteiger partial charge in [0.2, 0.25) is 0 Å². The lowest BCUT2D eigenvalue weighted by molar-refractivity contribution is 0.798. The van der Waals surface area contributed by atoms with Crippen molar-refractivity contribution in [2.45, 2.75) is 13.8 Å². The Hall–Kier alpha value is -1.84. The monoisotopic (exact) mass is 188 g/mol. The van der Waals surface area contributed by atoms with Crippen molar-refractivity contribution in [2.75, 3.05) is 5.73 Å². The van der Waals surface area contributed by atoms with Crippen LogP contribution in [-0.4, -0.2) is 15.0 Å². The maximum absolute atomic E-state index is 5.93. The van der Waals surface area contributed by atoms with E-state index in [4.69, 9.17) is 5.73 Å². The van der Waals surface area contributed by atoms with E-state index in [9.17, 15) is 0 Å². The smallest absolute Gasteiger partial charge is 0.0713 e. The molecule has 0 fully saturated rings. The van der Waals surface area contributed by atoms with Crippen molar-refractivity contribution in [1.29, 1.82) is 0 Å². The van der Waals surface area contributed by atoms with Crippen LogP contribution in [0.1, 0.15) is 11.1 Å². The van der Waals surface area contributed by atoms with Gasteiger partial charge >= 0.3 is 0 Å². The average Bonchev–Trinajstić information content (AvgIpc) is 2.67. The third-order valence-electron chi connectivity index (χ3n) is 2.37. The van der Waals surface area contributed by atoms with Crippen molar-refractivity contribution >= 4 is 5.69 Å². The predicted octanol–water partition coefficient (Wildman–Crippen LogP) is 1.47. The number of aryl methyl sites for hydroxylation is 1. The van der Waals surface area contributed by atoms with Crippen molar-refractivity contribution in [3.8, 4) is 5.69 Å². The maximum Gasteiger partial charge on any atom is 0.0713 e. The summed E-state index contributed by atoms with van der Waals surface area (Å²) in [5.74, 6) is 0. The molecule has 0 amide bonds. The molecule has 1 aromatic heterocycles. The number of aromatic nitrogens is 3. The first kappa shape index (κ1) is 8.74. The Bertz CT molecular complexity index is 445. The van der Waals surface area contributed by atoms with Gasteiger partial charge in [-0.25, -0.2) is 4.68 Å². The van der Waals surface area contributed by atoms with Crippen molar-refractivity contribution in [2.24, 2.45) is 0 Å². The van der Waals surface area contributed by atoms with E-state index in [-0.39, 0.29) is 0 Å². The zero-order valence-corrected chi connectivity index (χ0v) is 8.23. The molecule has 2 rings (SSSR count). The molecular weight excluding hydrogens is 176 g/mol. The third kappa shape index (κ3) is 1.25. The standard InChI is InChI=1S/C10H12N4/c1-7-3-4-9(8(2)10(7)11)14-6-5-12-13-14/h3-6H,11H2,1-2H3. The molecule has 0 saturated carbocycles. The first-order chi connectivity index (χ1) is 6.70. The van der Waals surface area contributed by atoms with Gasteiger partial charge in [-0.15, -0.1) is 5.10 Å². The number of benzene rings is 1. The van der Waals surface area contributed by atoms with Gasteiger partial charge in [-0.1, -0.05) is 11.3 Å². The van der Waals surface area contributed by atoms with E-state index in [1.54, 1.807) is 17.1 Å². The molecule has 14 heavy (non-hydrogen) atoms. The highest BCUT2D eigenvalue weighted by Crippen LogP contribution is 2.22. The normalized spacial score (nSPS) is 10.4. The van der Waals surface area contributed by atoms with Gasteiger partial charge < -0.3 is 5.73 Å². The van der Waals surface area contributed by atoms with Gasteiger partial charge in [0.15, 0.2) is 0 Å². The molecular formula is C10H12N4. The lowest BCUT2D eigenvalue weighted by Gasteiger charge is -2.09. The molecule has 0 saturated heterocycles. The number of anilines is 1. The fourth-order valence-electron chi connectivity index (χ4n) is 1.44. The van der Waals surface area contributed by atoms with Crippen LogP contribution in [0.25, 0.3) is 5.69 Å². The molecule has 0 bridgehead atoms. The molecule has 0 atom stereocenters. The highest BCUT2D eigenvalue weighted by molar-refractivity contribution is 5.60. The second-order valence-corrected chi connectivity index (χ2v) is 3.29. The summed E-state index contributed by atoms with van der Waals surface area (Å²) in [6, 6.07) is 3.98. The van der Waals surface area contributed by atoms with Crippen LogP contribution in [0.5, 0.6) is 0 Å². The van der Waals surface area contributed by atoms with Crippen LogP contribution in [0.2, 0.25) is 0 Å². The Morgan fingerprint density at radius 3 is 2.71 bits per heavy atom. The summed E-state index contributed by atoms with van der Waals surface area (Å²) in [5.41, 5.74) is 9.85. The number of rotatable bonds is 1. The molecule has 72 valence electrons. The molecule has 2 N–H and O–H groups in total. The van der Waals surface area contributed by atoms with Crippen molar-refractivity contribution < 1.29 is 0 Å². The lowest BCUT2D eigenvalue weighted by atomic mass is 10.1. The van der Waals surface area contributed by atoms with Gasteiger partial charge in [-0.05, 0) is 31.0 Å². The molecule has 4 nitrogen and oxygen atoms in total. The molecule has 0 aliphatic rings. The van der Waals surface area contributed by atoms with Gasteiger partial charge in [0.1, 0.15) is 0 Å². The maximum atomic E-state index is 5.93. The summed E-state index contributed by atoms with van der Waals surface area (Å²) < 4.78 is 1.71. The quantitative estimate of drug-likeness (QED) is 0.689. The Balaban J connectivity index is 2.61. The van der Waals surface area contributed by atoms with Crippen LogP contribution < -0.4 is 5.73 Å². The SMILES string of the molecule is Cc1ccc(-n2ccnn2)c(C)c1N. The van der Waals surface area contributed by atoms with Crippen LogP contribution in [0, 0.1) is 13.8 Å². The van der Waals surface area contributed by atoms with Gasteiger partial charge in [0, 0.05) is 5.69 Å². The van der Waals surface area contributed by atoms with Gasteiger partial charge in [0.05, 0.1) is 18.1 Å². The van der Waals surface area contributed by atoms with Crippen molar-refractivity contribution in [3.05, 3.63) is 35.7 Å². The Kier molecular flexibility index (Phi) is 1.96. The van der Waals surface area contributed by atoms with E-state index in [2.05, 4.69) is 10.3 Å². The number of nitrogen functional groups attached to an aromatic ring is 1. The second kappa shape index (κ2) is 3.14. The highest BCUT2D eigenvalue weighted by Gasteiger charge is 2.06. The van der Waals surface area contributed by atoms with E-state index < -0.39 is 0 Å². The lowest BCUT2D eigenvalue weighted by Crippen LogP contribution is -2.02. The molecule has 1 heterocycles. The van der Waals surface area contributed by atoms with Gasteiger partial charge in [0.25, 0.3) is 0 Å². The molecule has 0 aliphatic heterocycles. The number of nitrogens with two attached hydrogens (primary N) is 1. The second-order valence-electron chi connectivity index (χ2n) is 3.29. The first-order valence-corrected chi connectivity index (χ1v) is 4.42. The summed E-state index contributed by atoms with van der Waals surface area (Å²) >= 11 is 0. The number of nitrogens with zero attached hydrogens (tertiary/aromatic N) is 3. The van der Waals surface area contributed by atoms with Crippen LogP contribution in [-0.2, 0) is 0 Å². The largest absolute Gasteiger partial charge is 0.398 e. The van der Waals surface area contributed by atoms with Crippen LogP contribution in [0.3, 0.4) is 0 Å². The summed E-state index contributed by atoms with van der Waals surface area (Å²) in [4.78, 5) is 0. The molecule has 0 spiro atoms. The Morgan fingerprint density at radius 1 is 1.29 bits per heavy atom. The first-order valence-electron chi connectivity index (χ1n) is 4.42. The van der Waals surface area contributed by atoms with Crippen molar-refractivity contribution in [3.63, 3.8) is 0 Å². The fourth-order valence-corrected chi connectivity index (χ4v) is 1.44. The van der Waals surface area contributed by atoms with Crippen LogP contribution in [0.4, 0.5) is 5.69 Å². The summed E-state index contributed by atoms with van der Waals surface area (Å²) in [6.07, 6.45) is 3.45. The molecule has 0 radical (unpaired) electrons. The van der Waals surface area contributed by atoms with E-state index in [0.29, 0.717) is 0 Å². The molecule has 1 aromatic carbocycles. The average molecular weight is 188 g/mol. The topological polar surface area (TPSA) is 56.7 Å². The minimum absolute atomic E-state index is 0.818. The van der Waals surface area contributed by atoms with Crippen LogP contribution in [0.15, 0.2) is 24.5 Å². The fraction of sp³-hybridized carbons (Fsp3) is 0.200. The van der Waals surface area contributed by atoms with Crippen LogP contribution >= 0.6 is 0 Å². The van der Waals surface area contributed by atoms with Crippen molar-refractivity contribution in [1.82, 2.24) is 15.0 Å². The minimum atomic E-state index is 0.818. The summed E-state index contributed by atoms with van der Waals surface area (Å²) in [7, 11) is 0. The zero-order chi connectivity index (χ0) is 10.1. The van der Waals surface area contributed by atoms with E-state index in [1.807, 2.05) is 26.0 Å². The molecule has 4 heteroatoms. The van der Waals surface area contributed by atoms with E-state index >= 15 is 0 Å². The minimum Gasteiger partial charge on any atom is -0.398 e. The number of hydrogen-bond acceptors (Lipinski definition) is 3. The van der Waals surface area contributed by atoms with E-state index in [1.165, 1.54) is 0 Å². The number of hydrogen-bond donors (Lipinski definition) is 1.